The molecule has 0 N–H and O–H groups in total. The molecule has 0 saturated heterocycles. The molecular weight excluding hydrogens is 629 g/mol. The molecule has 0 bridgehead atoms. The summed E-state index contributed by atoms with van der Waals surface area (Å²) in [4.78, 5) is 4.46. The molecule has 0 fully saturated rings. The predicted molar refractivity (Wildman–Crippen MR) is 168 cm³/mol. The van der Waals surface area contributed by atoms with Crippen LogP contribution in [0.4, 0.5) is 0 Å². The van der Waals surface area contributed by atoms with Gasteiger partial charge in [-0.2, -0.15) is 0 Å². The first-order valence-electron chi connectivity index (χ1n) is 12.5. The van der Waals surface area contributed by atoms with Crippen LogP contribution >= 0.6 is 69.6 Å². The number of nitrogens with zero attached hydrogens (tertiary/aromatic N) is 2. The Morgan fingerprint density at radius 1 is 0.625 bits per heavy atom. The lowest BCUT2D eigenvalue weighted by Crippen LogP contribution is -2.32. The van der Waals surface area contributed by atoms with E-state index in [4.69, 9.17) is 74.3 Å². The van der Waals surface area contributed by atoms with Crippen molar-refractivity contribution in [2.75, 3.05) is 13.2 Å². The summed E-state index contributed by atoms with van der Waals surface area (Å²) in [5.41, 5.74) is 3.91. The lowest BCUT2D eigenvalue weighted by atomic mass is 9.97. The van der Waals surface area contributed by atoms with Crippen molar-refractivity contribution in [3.63, 3.8) is 0 Å². The maximum atomic E-state index is 6.63. The number of halogens is 6. The van der Waals surface area contributed by atoms with Crippen molar-refractivity contribution in [3.05, 3.63) is 150 Å². The molecule has 0 aromatic heterocycles. The van der Waals surface area contributed by atoms with Crippen molar-refractivity contribution < 1.29 is 4.74 Å². The molecule has 1 unspecified atom stereocenters. The predicted octanol–water partition coefficient (Wildman–Crippen LogP) is 10.7. The highest BCUT2D eigenvalue weighted by atomic mass is 35.5. The normalized spacial score (nSPS) is 13.9. The van der Waals surface area contributed by atoms with Gasteiger partial charge in [-0.05, 0) is 65.2 Å². The Balaban J connectivity index is 1.38. The first kappa shape index (κ1) is 29.4. The van der Waals surface area contributed by atoms with E-state index in [0.29, 0.717) is 50.0 Å². The maximum Gasteiger partial charge on any atom is 0.102 e. The summed E-state index contributed by atoms with van der Waals surface area (Å²) >= 11 is 37.7. The SMILES string of the molecule is Clc1ccc(C(c2ccc(Cl)cc2)N2C=CN(CC(OCc3ccc(Cl)cc3Cl)c3ccc(Cl)cc3Cl)C2)cc1. The third-order valence-corrected chi connectivity index (χ3v) is 8.34. The number of hydrogen-bond donors (Lipinski definition) is 0. The van der Waals surface area contributed by atoms with Crippen molar-refractivity contribution in [2.45, 2.75) is 18.8 Å². The van der Waals surface area contributed by atoms with E-state index in [9.17, 15) is 0 Å². The van der Waals surface area contributed by atoms with Crippen LogP contribution in [-0.4, -0.2) is 23.0 Å². The van der Waals surface area contributed by atoms with Crippen molar-refractivity contribution in [3.8, 4) is 0 Å². The molecule has 0 spiro atoms. The van der Waals surface area contributed by atoms with Crippen LogP contribution in [0.1, 0.15) is 34.4 Å². The zero-order valence-electron chi connectivity index (χ0n) is 21.1. The van der Waals surface area contributed by atoms with Gasteiger partial charge in [-0.3, -0.25) is 0 Å². The Bertz CT molecular complexity index is 1450. The monoisotopic (exact) mass is 650 g/mol. The Labute approximate surface area is 264 Å². The molecule has 1 aliphatic rings. The van der Waals surface area contributed by atoms with E-state index in [1.807, 2.05) is 66.7 Å². The fraction of sp³-hybridized carbons (Fsp3) is 0.161. The van der Waals surface area contributed by atoms with Gasteiger partial charge < -0.3 is 14.5 Å². The number of rotatable bonds is 9. The van der Waals surface area contributed by atoms with Gasteiger partial charge in [0.2, 0.25) is 0 Å². The highest BCUT2D eigenvalue weighted by Crippen LogP contribution is 2.35. The summed E-state index contributed by atoms with van der Waals surface area (Å²) in [5, 5.41) is 3.61. The molecule has 0 amide bonds. The smallest absolute Gasteiger partial charge is 0.102 e. The van der Waals surface area contributed by atoms with Gasteiger partial charge in [-0.25, -0.2) is 0 Å². The number of hydrogen-bond acceptors (Lipinski definition) is 3. The molecule has 4 aromatic carbocycles. The fourth-order valence-electron chi connectivity index (χ4n) is 4.68. The van der Waals surface area contributed by atoms with Crippen molar-refractivity contribution >= 4 is 69.6 Å². The molecule has 3 nitrogen and oxygen atoms in total. The zero-order valence-corrected chi connectivity index (χ0v) is 25.6. The molecule has 0 saturated carbocycles. The fourth-order valence-corrected chi connectivity index (χ4v) is 5.93. The summed E-state index contributed by atoms with van der Waals surface area (Å²) in [7, 11) is 0. The van der Waals surface area contributed by atoms with E-state index in [0.717, 1.165) is 22.3 Å². The van der Waals surface area contributed by atoms with Crippen LogP contribution in [0.2, 0.25) is 30.1 Å². The van der Waals surface area contributed by atoms with E-state index in [-0.39, 0.29) is 12.1 Å². The Hall–Kier alpha value is -2.08. The van der Waals surface area contributed by atoms with Crippen molar-refractivity contribution in [1.29, 1.82) is 0 Å². The summed E-state index contributed by atoms with van der Waals surface area (Å²) in [5.74, 6) is 0. The standard InChI is InChI=1S/C31H24Cl6N2O/c32-23-6-1-20(2-7-23)31(21-3-8-24(33)9-4-21)39-14-13-38(19-39)17-30(27-12-11-26(35)16-29(27)37)40-18-22-5-10-25(34)15-28(22)36/h1-16,30-31H,17-19H2. The summed E-state index contributed by atoms with van der Waals surface area (Å²) in [6.07, 6.45) is 3.80. The summed E-state index contributed by atoms with van der Waals surface area (Å²) in [6, 6.07) is 26.6. The van der Waals surface area contributed by atoms with Crippen LogP contribution in [0.5, 0.6) is 0 Å². The van der Waals surface area contributed by atoms with E-state index in [1.54, 1.807) is 18.2 Å². The molecule has 5 rings (SSSR count). The minimum Gasteiger partial charge on any atom is -0.367 e. The van der Waals surface area contributed by atoms with Gasteiger partial charge in [0, 0.05) is 54.6 Å². The van der Waals surface area contributed by atoms with Gasteiger partial charge in [0.05, 0.1) is 19.3 Å². The first-order chi connectivity index (χ1) is 19.3. The van der Waals surface area contributed by atoms with Gasteiger partial charge in [0.25, 0.3) is 0 Å². The molecule has 1 atom stereocenters. The average Bonchev–Trinajstić information content (AvgIpc) is 3.38. The number of ether oxygens (including phenoxy) is 1. The minimum atomic E-state index is -0.356. The molecule has 40 heavy (non-hydrogen) atoms. The van der Waals surface area contributed by atoms with Gasteiger partial charge in [0.15, 0.2) is 0 Å². The van der Waals surface area contributed by atoms with Crippen LogP contribution < -0.4 is 0 Å². The quantitative estimate of drug-likeness (QED) is 0.179. The van der Waals surface area contributed by atoms with Gasteiger partial charge in [-0.15, -0.1) is 0 Å². The molecule has 9 heteroatoms. The highest BCUT2D eigenvalue weighted by Gasteiger charge is 2.27. The Kier molecular flexibility index (Phi) is 9.76. The lowest BCUT2D eigenvalue weighted by Gasteiger charge is -2.32. The molecule has 0 aliphatic carbocycles. The van der Waals surface area contributed by atoms with E-state index < -0.39 is 0 Å². The van der Waals surface area contributed by atoms with Crippen LogP contribution in [0.3, 0.4) is 0 Å². The first-order valence-corrected chi connectivity index (χ1v) is 14.7. The highest BCUT2D eigenvalue weighted by molar-refractivity contribution is 6.35. The second-order valence-corrected chi connectivity index (χ2v) is 12.0. The van der Waals surface area contributed by atoms with Crippen LogP contribution in [-0.2, 0) is 11.3 Å². The summed E-state index contributed by atoms with van der Waals surface area (Å²) in [6.45, 7) is 1.47. The van der Waals surface area contributed by atoms with Crippen molar-refractivity contribution in [1.82, 2.24) is 9.80 Å². The van der Waals surface area contributed by atoms with Crippen LogP contribution in [0.25, 0.3) is 0 Å². The Morgan fingerprint density at radius 3 is 1.75 bits per heavy atom. The second kappa shape index (κ2) is 13.3. The second-order valence-electron chi connectivity index (χ2n) is 9.43. The molecule has 1 aliphatic heterocycles. The van der Waals surface area contributed by atoms with Gasteiger partial charge in [0.1, 0.15) is 6.10 Å². The third kappa shape index (κ3) is 7.21. The van der Waals surface area contributed by atoms with E-state index in [1.165, 1.54) is 0 Å². The van der Waals surface area contributed by atoms with Crippen LogP contribution in [0, 0.1) is 0 Å². The van der Waals surface area contributed by atoms with Crippen molar-refractivity contribution in [2.24, 2.45) is 0 Å². The average molecular weight is 653 g/mol. The summed E-state index contributed by atoms with van der Waals surface area (Å²) < 4.78 is 6.43. The third-order valence-electron chi connectivity index (χ3n) is 6.68. The molecular formula is C31H24Cl6N2O. The molecule has 1 heterocycles. The van der Waals surface area contributed by atoms with E-state index in [2.05, 4.69) is 22.2 Å². The largest absolute Gasteiger partial charge is 0.367 e. The topological polar surface area (TPSA) is 15.7 Å². The zero-order chi connectivity index (χ0) is 28.2. The maximum absolute atomic E-state index is 6.63. The molecule has 0 radical (unpaired) electrons. The number of benzene rings is 4. The van der Waals surface area contributed by atoms with Crippen LogP contribution in [0.15, 0.2) is 97.3 Å². The van der Waals surface area contributed by atoms with Gasteiger partial charge >= 0.3 is 0 Å². The van der Waals surface area contributed by atoms with E-state index >= 15 is 0 Å². The minimum absolute atomic E-state index is 0.0397. The Morgan fingerprint density at radius 2 is 1.18 bits per heavy atom. The van der Waals surface area contributed by atoms with Gasteiger partial charge in [-0.1, -0.05) is 106 Å². The lowest BCUT2D eigenvalue weighted by molar-refractivity contribution is 0.0187. The molecule has 4 aromatic rings. The molecule has 206 valence electrons.